The molecule has 3 rings (SSSR count). The van der Waals surface area contributed by atoms with Crippen LogP contribution in [-0.2, 0) is 16.5 Å². The largest absolute Gasteiger partial charge is 0.481 e. The topological polar surface area (TPSA) is 78.4 Å². The molecule has 1 atom stereocenters. The number of carbonyl (C=O) groups is 2. The van der Waals surface area contributed by atoms with Crippen LogP contribution in [0.25, 0.3) is 11.1 Å². The predicted octanol–water partition coefficient (Wildman–Crippen LogP) is 6.70. The Morgan fingerprint density at radius 3 is 1.86 bits per heavy atom. The lowest BCUT2D eigenvalue weighted by Crippen LogP contribution is -2.32. The lowest BCUT2D eigenvalue weighted by Gasteiger charge is -2.33. The Hall–Kier alpha value is -3.81. The highest BCUT2D eigenvalue weighted by atomic mass is 19.4. The second kappa shape index (κ2) is 11.3. The Bertz CT molecular complexity index is 1170. The van der Waals surface area contributed by atoms with E-state index in [1.165, 1.54) is 12.1 Å². The lowest BCUT2D eigenvalue weighted by atomic mass is 9.86. The number of carbonyl (C=O) groups excluding carboxylic acids is 1. The van der Waals surface area contributed by atoms with Crippen LogP contribution in [0.3, 0.4) is 0 Å². The van der Waals surface area contributed by atoms with Crippen LogP contribution in [0, 0.1) is 0 Å². The minimum absolute atomic E-state index is 0.0630. The Morgan fingerprint density at radius 2 is 1.36 bits per heavy atom. The van der Waals surface area contributed by atoms with Gasteiger partial charge in [0.15, 0.2) is 0 Å². The number of carboxylic acid groups (broad SMARTS) is 1. The third-order valence-corrected chi connectivity index (χ3v) is 6.01. The molecule has 0 aliphatic heterocycles. The van der Waals surface area contributed by atoms with Crippen LogP contribution in [0.5, 0.6) is 0 Å². The van der Waals surface area contributed by atoms with Crippen molar-refractivity contribution in [1.29, 1.82) is 0 Å². The molecule has 0 spiro atoms. The van der Waals surface area contributed by atoms with Gasteiger partial charge in [-0.2, -0.15) is 13.2 Å². The zero-order chi connectivity index (χ0) is 26.3. The summed E-state index contributed by atoms with van der Waals surface area (Å²) in [6.07, 6.45) is -2.78. The predicted molar refractivity (Wildman–Crippen MR) is 134 cm³/mol. The zero-order valence-electron chi connectivity index (χ0n) is 20.2. The summed E-state index contributed by atoms with van der Waals surface area (Å²) in [6, 6.07) is 19.8. The van der Waals surface area contributed by atoms with Crippen LogP contribution < -0.4 is 10.6 Å². The molecule has 3 N–H and O–H groups in total. The second-order valence-electron chi connectivity index (χ2n) is 8.84. The van der Waals surface area contributed by atoms with Gasteiger partial charge in [-0.3, -0.25) is 9.59 Å². The number of amides is 1. The molecule has 0 heterocycles. The number of rotatable bonds is 10. The van der Waals surface area contributed by atoms with E-state index in [-0.39, 0.29) is 18.9 Å². The van der Waals surface area contributed by atoms with Crippen LogP contribution in [0.2, 0.25) is 0 Å². The van der Waals surface area contributed by atoms with Crippen LogP contribution >= 0.6 is 0 Å². The number of anilines is 1. The summed E-state index contributed by atoms with van der Waals surface area (Å²) in [4.78, 5) is 22.9. The van der Waals surface area contributed by atoms with Gasteiger partial charge in [0.1, 0.15) is 0 Å². The fraction of sp³-hybridized carbons (Fsp3) is 0.286. The molecule has 0 aromatic heterocycles. The average molecular weight is 499 g/mol. The van der Waals surface area contributed by atoms with Gasteiger partial charge in [0, 0.05) is 17.8 Å². The van der Waals surface area contributed by atoms with Crippen molar-refractivity contribution in [2.24, 2.45) is 0 Å². The molecule has 3 aromatic carbocycles. The van der Waals surface area contributed by atoms with Crippen LogP contribution in [0.1, 0.15) is 54.6 Å². The van der Waals surface area contributed by atoms with Gasteiger partial charge in [-0.25, -0.2) is 0 Å². The Morgan fingerprint density at radius 1 is 0.833 bits per heavy atom. The summed E-state index contributed by atoms with van der Waals surface area (Å²) in [6.45, 7) is 4.22. The maximum absolute atomic E-state index is 12.8. The lowest BCUT2D eigenvalue weighted by molar-refractivity contribution is -0.138. The standard InChI is InChI=1S/C28H29F3N2O3/c1-3-17-27(2,22-10-6-21(7-11-22)26(36)32-18-16-25(34)35)33-24-14-8-20(9-15-24)19-4-12-23(13-5-19)28(29,30)31/h4-15,33H,3,16-18H2,1-2H3,(H,32,36)(H,34,35). The maximum Gasteiger partial charge on any atom is 0.416 e. The normalized spacial score (nSPS) is 13.0. The summed E-state index contributed by atoms with van der Waals surface area (Å²) in [5, 5.41) is 14.9. The molecule has 3 aromatic rings. The molecule has 0 radical (unpaired) electrons. The van der Waals surface area contributed by atoms with Crippen molar-refractivity contribution >= 4 is 17.6 Å². The van der Waals surface area contributed by atoms with E-state index in [0.717, 1.165) is 41.8 Å². The highest BCUT2D eigenvalue weighted by Crippen LogP contribution is 2.33. The van der Waals surface area contributed by atoms with Gasteiger partial charge < -0.3 is 15.7 Å². The first kappa shape index (κ1) is 26.8. The van der Waals surface area contributed by atoms with E-state index in [9.17, 15) is 22.8 Å². The first-order valence-corrected chi connectivity index (χ1v) is 11.7. The van der Waals surface area contributed by atoms with Crippen molar-refractivity contribution in [2.75, 3.05) is 11.9 Å². The van der Waals surface area contributed by atoms with Crippen molar-refractivity contribution in [1.82, 2.24) is 5.32 Å². The molecule has 0 aliphatic rings. The Kier molecular flexibility index (Phi) is 8.40. The third-order valence-electron chi connectivity index (χ3n) is 6.01. The molecule has 8 heteroatoms. The molecule has 1 unspecified atom stereocenters. The van der Waals surface area contributed by atoms with Crippen molar-refractivity contribution in [3.63, 3.8) is 0 Å². The number of hydrogen-bond donors (Lipinski definition) is 3. The Balaban J connectivity index is 1.73. The number of aliphatic carboxylic acids is 1. The van der Waals surface area contributed by atoms with Crippen LogP contribution in [0.4, 0.5) is 18.9 Å². The minimum Gasteiger partial charge on any atom is -0.481 e. The van der Waals surface area contributed by atoms with Gasteiger partial charge in [0.2, 0.25) is 0 Å². The molecule has 36 heavy (non-hydrogen) atoms. The van der Waals surface area contributed by atoms with E-state index < -0.39 is 23.2 Å². The molecule has 0 saturated carbocycles. The van der Waals surface area contributed by atoms with E-state index in [0.29, 0.717) is 11.1 Å². The van der Waals surface area contributed by atoms with Gasteiger partial charge in [0.05, 0.1) is 17.5 Å². The van der Waals surface area contributed by atoms with Crippen molar-refractivity contribution in [3.8, 4) is 11.1 Å². The van der Waals surface area contributed by atoms with Gasteiger partial charge in [-0.15, -0.1) is 0 Å². The number of nitrogens with one attached hydrogen (secondary N) is 2. The maximum atomic E-state index is 12.8. The summed E-state index contributed by atoms with van der Waals surface area (Å²) in [5.41, 5.74) is 2.69. The molecule has 1 amide bonds. The zero-order valence-corrected chi connectivity index (χ0v) is 20.2. The van der Waals surface area contributed by atoms with Crippen LogP contribution in [-0.4, -0.2) is 23.5 Å². The van der Waals surface area contributed by atoms with Gasteiger partial charge in [-0.1, -0.05) is 49.7 Å². The van der Waals surface area contributed by atoms with E-state index in [1.807, 2.05) is 36.4 Å². The summed E-state index contributed by atoms with van der Waals surface area (Å²) < 4.78 is 38.5. The number of alkyl halides is 3. The first-order chi connectivity index (χ1) is 17.0. The number of benzene rings is 3. The highest BCUT2D eigenvalue weighted by Gasteiger charge is 2.30. The first-order valence-electron chi connectivity index (χ1n) is 11.7. The van der Waals surface area contributed by atoms with Gasteiger partial charge in [0.25, 0.3) is 5.91 Å². The molecule has 5 nitrogen and oxygen atoms in total. The van der Waals surface area contributed by atoms with Crippen molar-refractivity contribution in [3.05, 3.63) is 89.5 Å². The summed E-state index contributed by atoms with van der Waals surface area (Å²) in [7, 11) is 0. The van der Waals surface area contributed by atoms with Gasteiger partial charge in [-0.05, 0) is 66.4 Å². The van der Waals surface area contributed by atoms with E-state index in [4.69, 9.17) is 5.11 Å². The molecule has 0 bridgehead atoms. The molecular weight excluding hydrogens is 469 g/mol. The smallest absolute Gasteiger partial charge is 0.416 e. The fourth-order valence-corrected chi connectivity index (χ4v) is 4.07. The fourth-order valence-electron chi connectivity index (χ4n) is 4.07. The van der Waals surface area contributed by atoms with Gasteiger partial charge >= 0.3 is 12.1 Å². The van der Waals surface area contributed by atoms with Crippen LogP contribution in [0.15, 0.2) is 72.8 Å². The average Bonchev–Trinajstić information content (AvgIpc) is 2.84. The quantitative estimate of drug-likeness (QED) is 0.291. The highest BCUT2D eigenvalue weighted by molar-refractivity contribution is 5.94. The molecule has 0 fully saturated rings. The summed E-state index contributed by atoms with van der Waals surface area (Å²) in [5.74, 6) is -1.30. The molecular formula is C28H29F3N2O3. The van der Waals surface area contributed by atoms with Crippen molar-refractivity contribution in [2.45, 2.75) is 44.8 Å². The van der Waals surface area contributed by atoms with E-state index in [2.05, 4.69) is 24.5 Å². The third kappa shape index (κ3) is 6.87. The van der Waals surface area contributed by atoms with E-state index >= 15 is 0 Å². The SMILES string of the molecule is CCCC(C)(Nc1ccc(-c2ccc(C(F)(F)F)cc2)cc1)c1ccc(C(=O)NCCC(=O)O)cc1. The molecule has 0 saturated heterocycles. The summed E-state index contributed by atoms with van der Waals surface area (Å²) >= 11 is 0. The Labute approximate surface area is 208 Å². The number of carboxylic acids is 1. The van der Waals surface area contributed by atoms with Crippen molar-refractivity contribution < 1.29 is 27.9 Å². The minimum atomic E-state index is -4.36. The monoisotopic (exact) mass is 498 g/mol. The van der Waals surface area contributed by atoms with E-state index in [1.54, 1.807) is 12.1 Å². The molecule has 0 aliphatic carbocycles. The number of hydrogen-bond acceptors (Lipinski definition) is 3. The molecule has 190 valence electrons. The second-order valence-corrected chi connectivity index (χ2v) is 8.84. The number of halogens is 3.